The van der Waals surface area contributed by atoms with Crippen LogP contribution in [0.3, 0.4) is 0 Å². The van der Waals surface area contributed by atoms with Gasteiger partial charge in [-0.15, -0.1) is 0 Å². The van der Waals surface area contributed by atoms with E-state index in [0.717, 1.165) is 11.6 Å². The third kappa shape index (κ3) is 2.85. The van der Waals surface area contributed by atoms with Crippen LogP contribution < -0.4 is 5.32 Å². The zero-order chi connectivity index (χ0) is 10.7. The predicted octanol–water partition coefficient (Wildman–Crippen LogP) is 3.73. The first-order valence-corrected chi connectivity index (χ1v) is 6.04. The highest BCUT2D eigenvalue weighted by molar-refractivity contribution is 6.29. The average Bonchev–Trinajstić information content (AvgIpc) is 2.65. The Hall–Kier alpha value is -0.760. The molecule has 0 amide bonds. The van der Waals surface area contributed by atoms with E-state index in [1.165, 1.54) is 25.7 Å². The second kappa shape index (κ2) is 4.84. The summed E-state index contributed by atoms with van der Waals surface area (Å²) in [6.45, 7) is 2.27. The molecule has 0 saturated heterocycles. The van der Waals surface area contributed by atoms with E-state index < -0.39 is 0 Å². The maximum atomic E-state index is 5.84. The van der Waals surface area contributed by atoms with Crippen LogP contribution in [0.2, 0.25) is 5.15 Å². The Bertz CT molecular complexity index is 327. The zero-order valence-corrected chi connectivity index (χ0v) is 9.80. The summed E-state index contributed by atoms with van der Waals surface area (Å²) < 4.78 is 0. The Labute approximate surface area is 96.1 Å². The Balaban J connectivity index is 1.92. The molecule has 1 heterocycles. The van der Waals surface area contributed by atoms with Gasteiger partial charge in [-0.3, -0.25) is 0 Å². The number of aromatic nitrogens is 1. The van der Waals surface area contributed by atoms with Crippen LogP contribution in [0.5, 0.6) is 0 Å². The van der Waals surface area contributed by atoms with E-state index in [-0.39, 0.29) is 0 Å². The summed E-state index contributed by atoms with van der Waals surface area (Å²) in [5.74, 6) is 0.903. The van der Waals surface area contributed by atoms with Crippen molar-refractivity contribution in [3.8, 4) is 0 Å². The number of halogens is 1. The number of rotatable bonds is 3. The van der Waals surface area contributed by atoms with Crippen molar-refractivity contribution < 1.29 is 0 Å². The molecule has 1 fully saturated rings. The molecular weight excluding hydrogens is 208 g/mol. The van der Waals surface area contributed by atoms with Gasteiger partial charge in [-0.25, -0.2) is 4.98 Å². The van der Waals surface area contributed by atoms with Gasteiger partial charge in [0.25, 0.3) is 0 Å². The lowest BCUT2D eigenvalue weighted by atomic mass is 10.1. The van der Waals surface area contributed by atoms with Crippen LogP contribution in [0.15, 0.2) is 18.3 Å². The van der Waals surface area contributed by atoms with Crippen molar-refractivity contribution in [2.24, 2.45) is 5.92 Å². The zero-order valence-electron chi connectivity index (χ0n) is 9.04. The number of nitrogens with zero attached hydrogens (tertiary/aromatic N) is 1. The van der Waals surface area contributed by atoms with Gasteiger partial charge >= 0.3 is 0 Å². The minimum atomic E-state index is 0.560. The Kier molecular flexibility index (Phi) is 3.47. The molecule has 1 saturated carbocycles. The Morgan fingerprint density at radius 3 is 3.07 bits per heavy atom. The molecule has 0 bridgehead atoms. The fraction of sp³-hybridized carbons (Fsp3) is 0.583. The summed E-state index contributed by atoms with van der Waals surface area (Å²) in [6.07, 6.45) is 6.97. The topological polar surface area (TPSA) is 24.9 Å². The fourth-order valence-electron chi connectivity index (χ4n) is 2.30. The normalized spacial score (nSPS) is 25.5. The van der Waals surface area contributed by atoms with Crippen molar-refractivity contribution >= 4 is 17.3 Å². The molecule has 82 valence electrons. The van der Waals surface area contributed by atoms with Gasteiger partial charge in [0.2, 0.25) is 0 Å². The second-order valence-electron chi connectivity index (χ2n) is 4.30. The standard InChI is InChI=1S/C12H17ClN2/c1-2-9-3-4-10(7-9)15-11-5-6-14-12(13)8-11/h5-6,8-10H,2-4,7H2,1H3,(H,14,15). The van der Waals surface area contributed by atoms with Crippen LogP contribution >= 0.6 is 11.6 Å². The lowest BCUT2D eigenvalue weighted by molar-refractivity contribution is 0.525. The molecule has 2 unspecified atom stereocenters. The smallest absolute Gasteiger partial charge is 0.131 e. The molecular formula is C12H17ClN2. The van der Waals surface area contributed by atoms with Crippen molar-refractivity contribution in [1.82, 2.24) is 4.98 Å². The minimum Gasteiger partial charge on any atom is -0.382 e. The summed E-state index contributed by atoms with van der Waals surface area (Å²) in [7, 11) is 0. The van der Waals surface area contributed by atoms with Crippen molar-refractivity contribution in [2.75, 3.05) is 5.32 Å². The molecule has 0 spiro atoms. The summed E-state index contributed by atoms with van der Waals surface area (Å²) >= 11 is 5.84. The molecule has 1 N–H and O–H groups in total. The molecule has 0 aromatic carbocycles. The van der Waals surface area contributed by atoms with Gasteiger partial charge in [-0.2, -0.15) is 0 Å². The van der Waals surface area contributed by atoms with Gasteiger partial charge in [0.15, 0.2) is 0 Å². The van der Waals surface area contributed by atoms with E-state index in [1.807, 2.05) is 12.1 Å². The van der Waals surface area contributed by atoms with Crippen LogP contribution in [-0.2, 0) is 0 Å². The number of hydrogen-bond acceptors (Lipinski definition) is 2. The van der Waals surface area contributed by atoms with E-state index in [9.17, 15) is 0 Å². The van der Waals surface area contributed by atoms with Crippen LogP contribution in [-0.4, -0.2) is 11.0 Å². The fourth-order valence-corrected chi connectivity index (χ4v) is 2.48. The van der Waals surface area contributed by atoms with Crippen LogP contribution in [0.1, 0.15) is 32.6 Å². The van der Waals surface area contributed by atoms with Gasteiger partial charge in [0.05, 0.1) is 0 Å². The number of nitrogens with one attached hydrogen (secondary N) is 1. The highest BCUT2D eigenvalue weighted by Gasteiger charge is 2.22. The van der Waals surface area contributed by atoms with E-state index in [1.54, 1.807) is 6.20 Å². The van der Waals surface area contributed by atoms with Crippen molar-refractivity contribution in [3.05, 3.63) is 23.5 Å². The maximum absolute atomic E-state index is 5.84. The number of pyridine rings is 1. The van der Waals surface area contributed by atoms with Gasteiger partial charge in [0.1, 0.15) is 5.15 Å². The highest BCUT2D eigenvalue weighted by atomic mass is 35.5. The van der Waals surface area contributed by atoms with Crippen LogP contribution in [0.4, 0.5) is 5.69 Å². The van der Waals surface area contributed by atoms with Gasteiger partial charge in [-0.05, 0) is 37.3 Å². The van der Waals surface area contributed by atoms with E-state index in [4.69, 9.17) is 11.6 Å². The molecule has 1 aliphatic rings. The molecule has 15 heavy (non-hydrogen) atoms. The molecule has 2 rings (SSSR count). The third-order valence-electron chi connectivity index (χ3n) is 3.22. The first-order valence-electron chi connectivity index (χ1n) is 5.66. The summed E-state index contributed by atoms with van der Waals surface area (Å²) in [6, 6.07) is 4.49. The van der Waals surface area contributed by atoms with E-state index in [0.29, 0.717) is 11.2 Å². The average molecular weight is 225 g/mol. The van der Waals surface area contributed by atoms with Gasteiger partial charge in [0, 0.05) is 17.9 Å². The molecule has 3 heteroatoms. The third-order valence-corrected chi connectivity index (χ3v) is 3.42. The van der Waals surface area contributed by atoms with Crippen LogP contribution in [0, 0.1) is 5.92 Å². The van der Waals surface area contributed by atoms with Crippen molar-refractivity contribution in [3.63, 3.8) is 0 Å². The quantitative estimate of drug-likeness (QED) is 0.792. The summed E-state index contributed by atoms with van der Waals surface area (Å²) in [5, 5.41) is 4.08. The Morgan fingerprint density at radius 1 is 1.53 bits per heavy atom. The minimum absolute atomic E-state index is 0.560. The van der Waals surface area contributed by atoms with Gasteiger partial charge in [-0.1, -0.05) is 24.9 Å². The predicted molar refractivity (Wildman–Crippen MR) is 64.3 cm³/mol. The lowest BCUT2D eigenvalue weighted by Crippen LogP contribution is -2.15. The number of anilines is 1. The molecule has 2 nitrogen and oxygen atoms in total. The molecule has 2 atom stereocenters. The lowest BCUT2D eigenvalue weighted by Gasteiger charge is -2.14. The van der Waals surface area contributed by atoms with E-state index in [2.05, 4.69) is 17.2 Å². The van der Waals surface area contributed by atoms with Gasteiger partial charge < -0.3 is 5.32 Å². The van der Waals surface area contributed by atoms with E-state index >= 15 is 0 Å². The highest BCUT2D eigenvalue weighted by Crippen LogP contribution is 2.30. The molecule has 1 aromatic rings. The molecule has 0 aliphatic heterocycles. The first kappa shape index (κ1) is 10.7. The summed E-state index contributed by atoms with van der Waals surface area (Å²) in [5.41, 5.74) is 1.09. The second-order valence-corrected chi connectivity index (χ2v) is 4.68. The molecule has 0 radical (unpaired) electrons. The Morgan fingerprint density at radius 2 is 2.40 bits per heavy atom. The summed E-state index contributed by atoms with van der Waals surface area (Å²) in [4.78, 5) is 3.97. The molecule has 1 aliphatic carbocycles. The molecule has 1 aromatic heterocycles. The van der Waals surface area contributed by atoms with Crippen molar-refractivity contribution in [1.29, 1.82) is 0 Å². The first-order chi connectivity index (χ1) is 7.28. The van der Waals surface area contributed by atoms with Crippen molar-refractivity contribution in [2.45, 2.75) is 38.6 Å². The van der Waals surface area contributed by atoms with Crippen LogP contribution in [0.25, 0.3) is 0 Å². The number of hydrogen-bond donors (Lipinski definition) is 1. The SMILES string of the molecule is CCC1CCC(Nc2ccnc(Cl)c2)C1. The monoisotopic (exact) mass is 224 g/mol. The largest absolute Gasteiger partial charge is 0.382 e. The maximum Gasteiger partial charge on any atom is 0.131 e.